The van der Waals surface area contributed by atoms with Gasteiger partial charge in [-0.1, -0.05) is 41.5 Å². The van der Waals surface area contributed by atoms with Crippen LogP contribution in [0.25, 0.3) is 0 Å². The molecule has 0 spiro atoms. The number of rotatable bonds is 2. The van der Waals surface area contributed by atoms with Crippen LogP contribution in [0.2, 0.25) is 0 Å². The topological polar surface area (TPSA) is 0 Å². The summed E-state index contributed by atoms with van der Waals surface area (Å²) in [5, 5.41) is 0. The van der Waals surface area contributed by atoms with Gasteiger partial charge in [-0.25, -0.2) is 0 Å². The van der Waals surface area contributed by atoms with Crippen LogP contribution in [0.3, 0.4) is 0 Å². The molecular weight excluding hydrogens is 168 g/mol. The molecule has 0 nitrogen and oxygen atoms in total. The molecule has 0 bridgehead atoms. The van der Waals surface area contributed by atoms with Crippen molar-refractivity contribution in [1.29, 1.82) is 0 Å². The minimum atomic E-state index is 0.429. The molecule has 0 saturated carbocycles. The second-order valence-corrected chi connectivity index (χ2v) is 6.47. The lowest BCUT2D eigenvalue weighted by Crippen LogP contribution is -2.04. The molecule has 82 valence electrons. The van der Waals surface area contributed by atoms with Crippen LogP contribution >= 0.6 is 0 Å². The van der Waals surface area contributed by atoms with E-state index in [-0.39, 0.29) is 0 Å². The van der Waals surface area contributed by atoms with E-state index in [9.17, 15) is 0 Å². The summed E-state index contributed by atoms with van der Waals surface area (Å²) in [5.41, 5.74) is 0.859. The highest BCUT2D eigenvalue weighted by Gasteiger charge is 2.08. The van der Waals surface area contributed by atoms with E-state index in [1.54, 1.807) is 0 Å². The van der Waals surface area contributed by atoms with E-state index in [0.29, 0.717) is 10.8 Å². The van der Waals surface area contributed by atoms with Gasteiger partial charge in [0.2, 0.25) is 0 Å². The Morgan fingerprint density at radius 1 is 0.643 bits per heavy atom. The smallest absolute Gasteiger partial charge is 0.00936 e. The summed E-state index contributed by atoms with van der Waals surface area (Å²) in [6, 6.07) is 0. The van der Waals surface area contributed by atoms with Gasteiger partial charge in [-0.05, 0) is 23.7 Å². The first-order valence-corrected chi connectivity index (χ1v) is 5.66. The standard InChI is InChI=1S/C14H26/c1-13(2,3)11-9-7-8-10-12-14(4,5)6/h9-12H2,1-6H3. The molecule has 14 heavy (non-hydrogen) atoms. The van der Waals surface area contributed by atoms with Gasteiger partial charge in [0, 0.05) is 12.8 Å². The van der Waals surface area contributed by atoms with E-state index in [0.717, 1.165) is 12.8 Å². The highest BCUT2D eigenvalue weighted by Crippen LogP contribution is 2.21. The van der Waals surface area contributed by atoms with Crippen LogP contribution in [0.1, 0.15) is 67.2 Å². The zero-order valence-corrected chi connectivity index (χ0v) is 10.8. The Morgan fingerprint density at radius 3 is 1.14 bits per heavy atom. The normalized spacial score (nSPS) is 12.1. The Morgan fingerprint density at radius 2 is 0.929 bits per heavy atom. The summed E-state index contributed by atoms with van der Waals surface area (Å²) in [4.78, 5) is 0. The first-order chi connectivity index (χ1) is 6.21. The molecule has 0 fully saturated rings. The van der Waals surface area contributed by atoms with Crippen LogP contribution in [0.4, 0.5) is 0 Å². The number of hydrogen-bond donors (Lipinski definition) is 0. The van der Waals surface area contributed by atoms with Crippen LogP contribution in [-0.4, -0.2) is 0 Å². The zero-order valence-electron chi connectivity index (χ0n) is 10.8. The predicted molar refractivity (Wildman–Crippen MR) is 65.2 cm³/mol. The van der Waals surface area contributed by atoms with Gasteiger partial charge in [0.25, 0.3) is 0 Å². The Balaban J connectivity index is 3.56. The molecule has 0 aliphatic rings. The lowest BCUT2D eigenvalue weighted by molar-refractivity contribution is 0.381. The average Bonchev–Trinajstić information content (AvgIpc) is 1.92. The van der Waals surface area contributed by atoms with Crippen molar-refractivity contribution in [2.45, 2.75) is 67.2 Å². The fourth-order valence-corrected chi connectivity index (χ4v) is 1.05. The Labute approximate surface area is 90.5 Å². The maximum Gasteiger partial charge on any atom is 0.00936 e. The first-order valence-electron chi connectivity index (χ1n) is 5.66. The molecule has 0 aliphatic carbocycles. The molecule has 0 unspecified atom stereocenters. The lowest BCUT2D eigenvalue weighted by atomic mass is 9.90. The van der Waals surface area contributed by atoms with Crippen molar-refractivity contribution in [1.82, 2.24) is 0 Å². The van der Waals surface area contributed by atoms with Gasteiger partial charge >= 0.3 is 0 Å². The van der Waals surface area contributed by atoms with E-state index in [2.05, 4.69) is 53.4 Å². The minimum absolute atomic E-state index is 0.429. The maximum atomic E-state index is 3.26. The summed E-state index contributed by atoms with van der Waals surface area (Å²) in [6.45, 7) is 13.6. The predicted octanol–water partition coefficient (Wildman–Crippen LogP) is 4.64. The third-order valence-corrected chi connectivity index (χ3v) is 2.12. The van der Waals surface area contributed by atoms with Gasteiger partial charge in [-0.2, -0.15) is 0 Å². The Kier molecular flexibility index (Phi) is 5.27. The van der Waals surface area contributed by atoms with E-state index < -0.39 is 0 Å². The Bertz CT molecular complexity index is 177. The SMILES string of the molecule is CC(C)(C)CCC#CCCC(C)(C)C. The van der Waals surface area contributed by atoms with Crippen molar-refractivity contribution >= 4 is 0 Å². The van der Waals surface area contributed by atoms with Gasteiger partial charge < -0.3 is 0 Å². The molecule has 0 aliphatic heterocycles. The molecule has 0 aromatic carbocycles. The van der Waals surface area contributed by atoms with Gasteiger partial charge in [0.1, 0.15) is 0 Å². The molecule has 0 aromatic rings. The second-order valence-electron chi connectivity index (χ2n) is 6.47. The molecule has 0 rings (SSSR count). The fraction of sp³-hybridized carbons (Fsp3) is 0.857. The monoisotopic (exact) mass is 194 g/mol. The summed E-state index contributed by atoms with van der Waals surface area (Å²) in [6.07, 6.45) is 4.51. The van der Waals surface area contributed by atoms with Crippen molar-refractivity contribution in [2.24, 2.45) is 10.8 Å². The zero-order chi connectivity index (χ0) is 11.2. The maximum absolute atomic E-state index is 3.26. The van der Waals surface area contributed by atoms with Crippen molar-refractivity contribution in [3.63, 3.8) is 0 Å². The van der Waals surface area contributed by atoms with Gasteiger partial charge in [0.15, 0.2) is 0 Å². The third-order valence-electron chi connectivity index (χ3n) is 2.12. The van der Waals surface area contributed by atoms with Gasteiger partial charge in [-0.3, -0.25) is 0 Å². The number of hydrogen-bond acceptors (Lipinski definition) is 0. The van der Waals surface area contributed by atoms with Crippen LogP contribution < -0.4 is 0 Å². The summed E-state index contributed by atoms with van der Waals surface area (Å²) in [7, 11) is 0. The van der Waals surface area contributed by atoms with E-state index in [1.165, 1.54) is 12.8 Å². The van der Waals surface area contributed by atoms with Crippen molar-refractivity contribution in [3.05, 3.63) is 0 Å². The van der Waals surface area contributed by atoms with E-state index >= 15 is 0 Å². The van der Waals surface area contributed by atoms with Crippen LogP contribution in [-0.2, 0) is 0 Å². The molecule has 0 atom stereocenters. The molecule has 0 heterocycles. The van der Waals surface area contributed by atoms with Crippen molar-refractivity contribution in [3.8, 4) is 11.8 Å². The molecule has 0 N–H and O–H groups in total. The molecule has 0 amide bonds. The molecular formula is C14H26. The molecule has 0 aromatic heterocycles. The lowest BCUT2D eigenvalue weighted by Gasteiger charge is -2.16. The average molecular weight is 194 g/mol. The minimum Gasteiger partial charge on any atom is -0.103 e. The summed E-state index contributed by atoms with van der Waals surface area (Å²) in [5.74, 6) is 6.53. The van der Waals surface area contributed by atoms with Crippen LogP contribution in [0, 0.1) is 22.7 Å². The quantitative estimate of drug-likeness (QED) is 0.562. The summed E-state index contributed by atoms with van der Waals surface area (Å²) < 4.78 is 0. The highest BCUT2D eigenvalue weighted by atomic mass is 14.1. The van der Waals surface area contributed by atoms with Crippen LogP contribution in [0.5, 0.6) is 0 Å². The second kappa shape index (κ2) is 5.44. The Hall–Kier alpha value is -0.440. The largest absolute Gasteiger partial charge is 0.103 e. The molecule has 0 heteroatoms. The fourth-order valence-electron chi connectivity index (χ4n) is 1.05. The summed E-state index contributed by atoms with van der Waals surface area (Å²) >= 11 is 0. The molecule has 0 saturated heterocycles. The van der Waals surface area contributed by atoms with E-state index in [1.807, 2.05) is 0 Å². The van der Waals surface area contributed by atoms with E-state index in [4.69, 9.17) is 0 Å². The molecule has 0 radical (unpaired) electrons. The third kappa shape index (κ3) is 11.6. The van der Waals surface area contributed by atoms with Gasteiger partial charge in [-0.15, -0.1) is 11.8 Å². The first kappa shape index (κ1) is 13.6. The van der Waals surface area contributed by atoms with Gasteiger partial charge in [0.05, 0.1) is 0 Å². The highest BCUT2D eigenvalue weighted by molar-refractivity contribution is 4.99. The van der Waals surface area contributed by atoms with Crippen molar-refractivity contribution in [2.75, 3.05) is 0 Å². The van der Waals surface area contributed by atoms with Crippen LogP contribution in [0.15, 0.2) is 0 Å². The van der Waals surface area contributed by atoms with Crippen molar-refractivity contribution < 1.29 is 0 Å².